The van der Waals surface area contributed by atoms with E-state index in [9.17, 15) is 41.8 Å². The molecule has 3 aromatic carbocycles. The summed E-state index contributed by atoms with van der Waals surface area (Å²) >= 11 is 6.01. The fraction of sp³-hybridized carbons (Fsp3) is 0.278. The molecule has 1 N–H and O–H groups in total. The molecule has 8 nitrogen and oxygen atoms in total. The monoisotopic (exact) mass is 694 g/mol. The summed E-state index contributed by atoms with van der Waals surface area (Å²) < 4.78 is 58.2. The summed E-state index contributed by atoms with van der Waals surface area (Å²) in [5.74, 6) is -9.30. The Hall–Kier alpha value is -4.97. The molecule has 7 rings (SSSR count). The van der Waals surface area contributed by atoms with E-state index in [0.717, 1.165) is 45.7 Å². The molecule has 13 heteroatoms. The first-order valence-electron chi connectivity index (χ1n) is 15.4. The SMILES string of the molecule is C=Cc1ccc(N2C(=O)C3CC=C4C(CC5C(=O)N(c6ccc(F)c(Cl)c6)C(=O)C5(C)C4c4cc(OC(F)(F)F)ccc4O)C3C2=O)cc1. The molecule has 4 amide bonds. The maximum Gasteiger partial charge on any atom is 0.573 e. The van der Waals surface area contributed by atoms with E-state index < -0.39 is 82.3 Å². The van der Waals surface area contributed by atoms with Gasteiger partial charge in [0.1, 0.15) is 17.3 Å². The Morgan fingerprint density at radius 3 is 2.29 bits per heavy atom. The van der Waals surface area contributed by atoms with Crippen molar-refractivity contribution in [3.63, 3.8) is 0 Å². The highest BCUT2D eigenvalue weighted by molar-refractivity contribution is 6.32. The number of nitrogens with zero attached hydrogens (tertiary/aromatic N) is 2. The number of phenolic OH excluding ortho intramolecular Hbond substituents is 1. The normalized spacial score (nSPS) is 27.9. The molecular formula is C36H27ClF4N2O6. The number of hydrogen-bond acceptors (Lipinski definition) is 6. The third-order valence-electron chi connectivity index (χ3n) is 10.4. The van der Waals surface area contributed by atoms with E-state index in [1.807, 2.05) is 0 Å². The van der Waals surface area contributed by atoms with Gasteiger partial charge in [0.15, 0.2) is 0 Å². The number of hydrogen-bond donors (Lipinski definition) is 1. The molecule has 4 aliphatic rings. The summed E-state index contributed by atoms with van der Waals surface area (Å²) in [6.07, 6.45) is -1.76. The van der Waals surface area contributed by atoms with E-state index in [0.29, 0.717) is 11.3 Å². The van der Waals surface area contributed by atoms with Crippen LogP contribution in [0.15, 0.2) is 78.9 Å². The van der Waals surface area contributed by atoms with Crippen LogP contribution in [0, 0.1) is 34.9 Å². The zero-order chi connectivity index (χ0) is 35.2. The van der Waals surface area contributed by atoms with Crippen molar-refractivity contribution in [2.24, 2.45) is 29.1 Å². The molecule has 2 heterocycles. The lowest BCUT2D eigenvalue weighted by Gasteiger charge is -2.49. The Morgan fingerprint density at radius 1 is 0.939 bits per heavy atom. The number of allylic oxidation sites excluding steroid dienone is 2. The van der Waals surface area contributed by atoms with Gasteiger partial charge in [0.25, 0.3) is 0 Å². The van der Waals surface area contributed by atoms with Gasteiger partial charge in [-0.1, -0.05) is 48.0 Å². The quantitative estimate of drug-likeness (QED) is 0.173. The number of benzene rings is 3. The van der Waals surface area contributed by atoms with Gasteiger partial charge < -0.3 is 9.84 Å². The molecule has 1 saturated carbocycles. The highest BCUT2D eigenvalue weighted by Gasteiger charge is 2.68. The molecule has 49 heavy (non-hydrogen) atoms. The van der Waals surface area contributed by atoms with Crippen LogP contribution >= 0.6 is 11.6 Å². The third kappa shape index (κ3) is 4.95. The van der Waals surface area contributed by atoms with Crippen molar-refractivity contribution in [3.05, 3.63) is 101 Å². The van der Waals surface area contributed by atoms with Gasteiger partial charge in [-0.15, -0.1) is 13.2 Å². The third-order valence-corrected chi connectivity index (χ3v) is 10.7. The summed E-state index contributed by atoms with van der Waals surface area (Å²) in [5, 5.41) is 10.8. The van der Waals surface area contributed by atoms with Gasteiger partial charge in [0.05, 0.1) is 39.6 Å². The minimum Gasteiger partial charge on any atom is -0.508 e. The van der Waals surface area contributed by atoms with Crippen LogP contribution in [0.3, 0.4) is 0 Å². The molecular weight excluding hydrogens is 668 g/mol. The van der Waals surface area contributed by atoms with E-state index in [4.69, 9.17) is 11.6 Å². The first-order chi connectivity index (χ1) is 23.1. The zero-order valence-corrected chi connectivity index (χ0v) is 26.5. The maximum absolute atomic E-state index is 14.5. The lowest BCUT2D eigenvalue weighted by Crippen LogP contribution is -2.49. The molecule has 3 aromatic rings. The highest BCUT2D eigenvalue weighted by atomic mass is 35.5. The van der Waals surface area contributed by atoms with Gasteiger partial charge in [-0.05, 0) is 79.8 Å². The molecule has 0 bridgehead atoms. The number of aromatic hydroxyl groups is 1. The number of alkyl halides is 3. The van der Waals surface area contributed by atoms with Gasteiger partial charge >= 0.3 is 6.36 Å². The average Bonchev–Trinajstić information content (AvgIpc) is 3.42. The van der Waals surface area contributed by atoms with Gasteiger partial charge in [-0.2, -0.15) is 0 Å². The number of imide groups is 2. The second-order valence-corrected chi connectivity index (χ2v) is 13.2. The van der Waals surface area contributed by atoms with Gasteiger partial charge in [0.2, 0.25) is 23.6 Å². The van der Waals surface area contributed by atoms with Crippen LogP contribution in [0.5, 0.6) is 11.5 Å². The number of carbonyl (C=O) groups is 4. The van der Waals surface area contributed by atoms with Crippen molar-refractivity contribution in [1.82, 2.24) is 0 Å². The summed E-state index contributed by atoms with van der Waals surface area (Å²) in [4.78, 5) is 58.7. The van der Waals surface area contributed by atoms with Crippen molar-refractivity contribution in [1.29, 1.82) is 0 Å². The Morgan fingerprint density at radius 2 is 1.63 bits per heavy atom. The summed E-state index contributed by atoms with van der Waals surface area (Å²) in [7, 11) is 0. The minimum atomic E-state index is -5.07. The topological polar surface area (TPSA) is 104 Å². The second-order valence-electron chi connectivity index (χ2n) is 12.8. The van der Waals surface area contributed by atoms with E-state index in [1.54, 1.807) is 36.4 Å². The van der Waals surface area contributed by atoms with E-state index >= 15 is 0 Å². The molecule has 252 valence electrons. The fourth-order valence-electron chi connectivity index (χ4n) is 8.20. The molecule has 3 fully saturated rings. The van der Waals surface area contributed by atoms with E-state index in [1.165, 1.54) is 13.0 Å². The zero-order valence-electron chi connectivity index (χ0n) is 25.7. The Kier molecular flexibility index (Phi) is 7.51. The number of carbonyl (C=O) groups excluding carboxylic acids is 4. The number of halogens is 5. The molecule has 0 spiro atoms. The number of amides is 4. The van der Waals surface area contributed by atoms with Gasteiger partial charge in [-0.25, -0.2) is 9.29 Å². The van der Waals surface area contributed by atoms with Crippen molar-refractivity contribution in [2.75, 3.05) is 9.80 Å². The molecule has 0 aromatic heterocycles. The minimum absolute atomic E-state index is 0.0229. The second kappa shape index (κ2) is 11.3. The van der Waals surface area contributed by atoms with Crippen molar-refractivity contribution in [2.45, 2.75) is 32.0 Å². The van der Waals surface area contributed by atoms with Crippen LogP contribution in [0.25, 0.3) is 6.08 Å². The van der Waals surface area contributed by atoms with Crippen molar-refractivity contribution < 1.29 is 46.6 Å². The molecule has 6 atom stereocenters. The lowest BCUT2D eigenvalue weighted by atomic mass is 9.51. The predicted molar refractivity (Wildman–Crippen MR) is 170 cm³/mol. The van der Waals surface area contributed by atoms with Crippen molar-refractivity contribution >= 4 is 52.7 Å². The van der Waals surface area contributed by atoms with Crippen LogP contribution in [0.2, 0.25) is 5.02 Å². The first-order valence-corrected chi connectivity index (χ1v) is 15.8. The average molecular weight is 695 g/mol. The number of phenols is 1. The standard InChI is InChI=1S/C36H27ClF4N2O6/c1-3-17-4-6-18(7-5-17)42-31(45)22-11-10-21-23(29(22)33(42)47)16-25-32(46)43(19-8-12-27(38)26(37)14-19)34(48)35(25,2)30(21)24-15-20(9-13-28(24)44)49-36(39,40)41/h3-10,12-15,22-23,25,29-30,44H,1,11,16H2,2H3. The molecule has 2 aliphatic carbocycles. The van der Waals surface area contributed by atoms with Gasteiger partial charge in [0, 0.05) is 11.5 Å². The maximum atomic E-state index is 14.5. The number of anilines is 2. The van der Waals surface area contributed by atoms with Crippen LogP contribution < -0.4 is 14.5 Å². The molecule has 0 radical (unpaired) electrons. The highest BCUT2D eigenvalue weighted by Crippen LogP contribution is 2.64. The largest absolute Gasteiger partial charge is 0.573 e. The Balaban J connectivity index is 1.38. The van der Waals surface area contributed by atoms with Crippen molar-refractivity contribution in [3.8, 4) is 11.5 Å². The number of rotatable bonds is 5. The summed E-state index contributed by atoms with van der Waals surface area (Å²) in [6.45, 7) is 5.20. The van der Waals surface area contributed by atoms with E-state index in [2.05, 4.69) is 11.3 Å². The fourth-order valence-corrected chi connectivity index (χ4v) is 8.38. The van der Waals surface area contributed by atoms with Gasteiger partial charge in [-0.3, -0.25) is 24.1 Å². The van der Waals surface area contributed by atoms with Crippen LogP contribution in [0.1, 0.15) is 36.8 Å². The summed E-state index contributed by atoms with van der Waals surface area (Å²) in [5.41, 5.74) is -0.304. The lowest BCUT2D eigenvalue weighted by molar-refractivity contribution is -0.274. The molecule has 2 saturated heterocycles. The summed E-state index contributed by atoms with van der Waals surface area (Å²) in [6, 6.07) is 12.9. The number of fused-ring (bicyclic) bond motifs is 4. The molecule has 6 unspecified atom stereocenters. The smallest absolute Gasteiger partial charge is 0.508 e. The Labute approximate surface area is 282 Å². The van der Waals surface area contributed by atoms with E-state index in [-0.39, 0.29) is 29.1 Å². The Bertz CT molecular complexity index is 2000. The number of ether oxygens (including phenoxy) is 1. The first kappa shape index (κ1) is 32.6. The molecule has 2 aliphatic heterocycles. The predicted octanol–water partition coefficient (Wildman–Crippen LogP) is 7.16. The van der Waals surface area contributed by atoms with Crippen LogP contribution in [-0.2, 0) is 19.2 Å². The van der Waals surface area contributed by atoms with Crippen LogP contribution in [0.4, 0.5) is 28.9 Å². The van der Waals surface area contributed by atoms with Crippen LogP contribution in [-0.4, -0.2) is 35.1 Å².